The van der Waals surface area contributed by atoms with Crippen molar-refractivity contribution >= 4 is 27.3 Å². The molecule has 2 aromatic rings. The van der Waals surface area contributed by atoms with Crippen LogP contribution in [0.4, 0.5) is 5.82 Å². The number of ether oxygens (including phenoxy) is 1. The van der Waals surface area contributed by atoms with E-state index < -0.39 is 14.6 Å². The lowest BCUT2D eigenvalue weighted by molar-refractivity contribution is 0.0985. The molecule has 1 aliphatic heterocycles. The van der Waals surface area contributed by atoms with E-state index in [1.54, 1.807) is 32.0 Å². The number of nitrogens with zero attached hydrogens (tertiary/aromatic N) is 4. The molecule has 0 aromatic carbocycles. The van der Waals surface area contributed by atoms with Gasteiger partial charge in [-0.1, -0.05) is 6.07 Å². The van der Waals surface area contributed by atoms with E-state index in [2.05, 4.69) is 15.0 Å². The molecule has 1 saturated heterocycles. The third-order valence-electron chi connectivity index (χ3n) is 4.55. The number of halogens is 1. The summed E-state index contributed by atoms with van der Waals surface area (Å²) < 4.78 is 30.4. The van der Waals surface area contributed by atoms with Crippen molar-refractivity contribution < 1.29 is 13.2 Å². The molecule has 3 rings (SSSR count). The van der Waals surface area contributed by atoms with Gasteiger partial charge in [-0.15, -0.1) is 0 Å². The summed E-state index contributed by atoms with van der Waals surface area (Å²) in [7, 11) is -3.77. The van der Waals surface area contributed by atoms with Crippen molar-refractivity contribution in [2.24, 2.45) is 0 Å². The molecule has 0 unspecified atom stereocenters. The van der Waals surface area contributed by atoms with Gasteiger partial charge in [0.1, 0.15) is 10.6 Å². The van der Waals surface area contributed by atoms with Crippen LogP contribution in [-0.2, 0) is 19.3 Å². The summed E-state index contributed by atoms with van der Waals surface area (Å²) in [5.74, 6) is 0.597. The molecule has 0 radical (unpaired) electrons. The Kier molecular flexibility index (Phi) is 5.18. The van der Waals surface area contributed by atoms with E-state index >= 15 is 0 Å². The second-order valence-corrected chi connectivity index (χ2v) is 9.46. The minimum absolute atomic E-state index is 0.000949. The van der Waals surface area contributed by atoms with Gasteiger partial charge in [0, 0.05) is 18.8 Å². The van der Waals surface area contributed by atoms with Crippen LogP contribution in [0.3, 0.4) is 0 Å². The predicted octanol–water partition coefficient (Wildman–Crippen LogP) is 2.46. The largest absolute Gasteiger partial charge is 0.377 e. The summed E-state index contributed by atoms with van der Waals surface area (Å²) in [5.41, 5.74) is 0.330. The molecule has 0 N–H and O–H groups in total. The van der Waals surface area contributed by atoms with Crippen molar-refractivity contribution in [2.45, 2.75) is 36.6 Å². The Morgan fingerprint density at radius 1 is 1.31 bits per heavy atom. The number of morpholine rings is 1. The van der Waals surface area contributed by atoms with E-state index in [9.17, 15) is 8.42 Å². The van der Waals surface area contributed by atoms with Crippen LogP contribution in [0.1, 0.15) is 26.5 Å². The van der Waals surface area contributed by atoms with Crippen LogP contribution < -0.4 is 4.90 Å². The highest BCUT2D eigenvalue weighted by Crippen LogP contribution is 2.35. The van der Waals surface area contributed by atoms with Crippen molar-refractivity contribution in [1.82, 2.24) is 15.0 Å². The zero-order chi connectivity index (χ0) is 18.9. The fraction of sp³-hybridized carbons (Fsp3) is 0.471. The number of sulfone groups is 1. The van der Waals surface area contributed by atoms with Crippen LogP contribution >= 0.6 is 11.6 Å². The van der Waals surface area contributed by atoms with E-state index in [4.69, 9.17) is 16.3 Å². The van der Waals surface area contributed by atoms with Gasteiger partial charge in [-0.05, 0) is 44.5 Å². The maximum Gasteiger partial charge on any atom is 0.224 e. The Labute approximate surface area is 158 Å². The fourth-order valence-corrected chi connectivity index (χ4v) is 4.37. The number of anilines is 1. The average Bonchev–Trinajstić information content (AvgIpc) is 2.62. The Balaban J connectivity index is 2.05. The molecule has 3 heterocycles. The molecule has 1 fully saturated rings. The Morgan fingerprint density at radius 3 is 2.73 bits per heavy atom. The highest BCUT2D eigenvalue weighted by atomic mass is 35.5. The van der Waals surface area contributed by atoms with Crippen LogP contribution in [0.5, 0.6) is 0 Å². The molecule has 0 saturated carbocycles. The SMILES string of the molecule is C[C@H]1COCCN1c1cc(C(C)(C)S(=O)(=O)c2ccccn2)nc(Cl)n1. The summed E-state index contributed by atoms with van der Waals surface area (Å²) in [6, 6.07) is 6.59. The lowest BCUT2D eigenvalue weighted by Gasteiger charge is -2.35. The first-order valence-electron chi connectivity index (χ1n) is 8.28. The van der Waals surface area contributed by atoms with Crippen molar-refractivity contribution in [3.63, 3.8) is 0 Å². The van der Waals surface area contributed by atoms with Gasteiger partial charge in [0.05, 0.1) is 24.9 Å². The minimum atomic E-state index is -3.77. The number of pyridine rings is 1. The van der Waals surface area contributed by atoms with Crippen molar-refractivity contribution in [1.29, 1.82) is 0 Å². The van der Waals surface area contributed by atoms with Crippen molar-refractivity contribution in [2.75, 3.05) is 24.7 Å². The van der Waals surface area contributed by atoms with Gasteiger partial charge in [-0.2, -0.15) is 0 Å². The average molecular weight is 397 g/mol. The molecule has 0 bridgehead atoms. The predicted molar refractivity (Wildman–Crippen MR) is 99.1 cm³/mol. The van der Waals surface area contributed by atoms with Gasteiger partial charge in [0.2, 0.25) is 15.1 Å². The van der Waals surface area contributed by atoms with Gasteiger partial charge in [-0.3, -0.25) is 0 Å². The summed E-state index contributed by atoms with van der Waals surface area (Å²) in [6.07, 6.45) is 1.46. The third kappa shape index (κ3) is 3.41. The quantitative estimate of drug-likeness (QED) is 0.733. The van der Waals surface area contributed by atoms with E-state index in [1.807, 2.05) is 11.8 Å². The van der Waals surface area contributed by atoms with Crippen LogP contribution in [-0.4, -0.2) is 49.2 Å². The number of rotatable bonds is 4. The third-order valence-corrected chi connectivity index (χ3v) is 7.06. The molecule has 9 heteroatoms. The molecule has 0 aliphatic carbocycles. The van der Waals surface area contributed by atoms with Crippen molar-refractivity contribution in [3.8, 4) is 0 Å². The van der Waals surface area contributed by atoms with E-state index in [1.165, 1.54) is 12.3 Å². The topological polar surface area (TPSA) is 85.3 Å². The Bertz CT molecular complexity index is 890. The van der Waals surface area contributed by atoms with Crippen LogP contribution in [0.2, 0.25) is 5.28 Å². The first-order valence-corrected chi connectivity index (χ1v) is 10.1. The number of hydrogen-bond acceptors (Lipinski definition) is 7. The lowest BCUT2D eigenvalue weighted by atomic mass is 10.1. The summed E-state index contributed by atoms with van der Waals surface area (Å²) in [5, 5.41) is 0.0153. The highest BCUT2D eigenvalue weighted by Gasteiger charge is 2.40. The maximum atomic E-state index is 13.1. The molecule has 26 heavy (non-hydrogen) atoms. The summed E-state index contributed by atoms with van der Waals surface area (Å²) in [4.78, 5) is 14.5. The molecule has 7 nitrogen and oxygen atoms in total. The standard InChI is InChI=1S/C17H21ClN4O3S/c1-12-11-25-9-8-22(12)14-10-13(20-16(18)21-14)17(2,3)26(23,24)15-6-4-5-7-19-15/h4-7,10,12H,8-9,11H2,1-3H3/t12-/m0/s1. The number of hydrogen-bond donors (Lipinski definition) is 0. The van der Waals surface area contributed by atoms with Crippen LogP contribution in [0, 0.1) is 0 Å². The van der Waals surface area contributed by atoms with Gasteiger partial charge in [0.25, 0.3) is 0 Å². The fourth-order valence-electron chi connectivity index (χ4n) is 2.83. The molecular weight excluding hydrogens is 376 g/mol. The van der Waals surface area contributed by atoms with E-state index in [0.29, 0.717) is 31.3 Å². The molecular formula is C17H21ClN4O3S. The minimum Gasteiger partial charge on any atom is -0.377 e. The molecule has 1 atom stereocenters. The first-order chi connectivity index (χ1) is 12.2. The van der Waals surface area contributed by atoms with Crippen molar-refractivity contribution in [3.05, 3.63) is 41.4 Å². The monoisotopic (exact) mass is 396 g/mol. The highest BCUT2D eigenvalue weighted by molar-refractivity contribution is 7.92. The summed E-state index contributed by atoms with van der Waals surface area (Å²) in [6.45, 7) is 7.03. The smallest absolute Gasteiger partial charge is 0.224 e. The lowest BCUT2D eigenvalue weighted by Crippen LogP contribution is -2.44. The van der Waals surface area contributed by atoms with Crippen LogP contribution in [0.25, 0.3) is 0 Å². The zero-order valence-corrected chi connectivity index (χ0v) is 16.5. The maximum absolute atomic E-state index is 13.1. The van der Waals surface area contributed by atoms with Gasteiger partial charge in [-0.25, -0.2) is 23.4 Å². The second-order valence-electron chi connectivity index (χ2n) is 6.68. The molecule has 0 amide bonds. The van der Waals surface area contributed by atoms with Gasteiger partial charge in [0.15, 0.2) is 5.03 Å². The van der Waals surface area contributed by atoms with Gasteiger partial charge >= 0.3 is 0 Å². The normalized spacial score (nSPS) is 18.8. The molecule has 0 spiro atoms. The van der Waals surface area contributed by atoms with Crippen LogP contribution in [0.15, 0.2) is 35.5 Å². The Hall–Kier alpha value is -1.77. The molecule has 140 valence electrons. The summed E-state index contributed by atoms with van der Waals surface area (Å²) >= 11 is 6.13. The van der Waals surface area contributed by atoms with Gasteiger partial charge < -0.3 is 9.64 Å². The zero-order valence-electron chi connectivity index (χ0n) is 14.9. The second kappa shape index (κ2) is 7.09. The molecule has 2 aromatic heterocycles. The molecule has 1 aliphatic rings. The van der Waals surface area contributed by atoms with E-state index in [0.717, 1.165) is 0 Å². The number of aromatic nitrogens is 3. The Morgan fingerprint density at radius 2 is 2.08 bits per heavy atom. The first kappa shape index (κ1) is 19.0. The van der Waals surface area contributed by atoms with E-state index in [-0.39, 0.29) is 16.4 Å².